The second-order valence-corrected chi connectivity index (χ2v) is 6.59. The molecule has 1 aromatic heterocycles. The van der Waals surface area contributed by atoms with Crippen LogP contribution in [0.5, 0.6) is 0 Å². The van der Waals surface area contributed by atoms with Crippen molar-refractivity contribution in [3.8, 4) is 0 Å². The molecule has 1 aliphatic carbocycles. The monoisotopic (exact) mass is 333 g/mol. The van der Waals surface area contributed by atoms with Gasteiger partial charge in [-0.05, 0) is 62.1 Å². The molecule has 23 heavy (non-hydrogen) atoms. The van der Waals surface area contributed by atoms with E-state index in [2.05, 4.69) is 5.32 Å². The molecule has 0 saturated carbocycles. The van der Waals surface area contributed by atoms with Gasteiger partial charge in [0.25, 0.3) is 5.91 Å². The third-order valence-electron chi connectivity index (χ3n) is 3.71. The van der Waals surface area contributed by atoms with Crippen LogP contribution in [0.2, 0.25) is 0 Å². The highest BCUT2D eigenvalue weighted by atomic mass is 32.1. The molecule has 0 radical (unpaired) electrons. The van der Waals surface area contributed by atoms with Crippen LogP contribution in [-0.2, 0) is 22.4 Å². The fraction of sp³-hybridized carbons (Fsp3) is 0.294. The van der Waals surface area contributed by atoms with Crippen molar-refractivity contribution in [2.75, 3.05) is 5.32 Å². The molecule has 3 rings (SSSR count). The minimum absolute atomic E-state index is 0.381. The molecule has 1 aromatic carbocycles. The highest BCUT2D eigenvalue weighted by molar-refractivity contribution is 7.14. The van der Waals surface area contributed by atoms with Gasteiger partial charge in [-0.1, -0.05) is 0 Å². The summed E-state index contributed by atoms with van der Waals surface area (Å²) < 4.78 is 18.0. The highest BCUT2D eigenvalue weighted by Crippen LogP contribution is 2.31. The van der Waals surface area contributed by atoms with Crippen LogP contribution >= 0.6 is 11.3 Å². The smallest absolute Gasteiger partial charge is 0.349 e. The third kappa shape index (κ3) is 3.59. The Kier molecular flexibility index (Phi) is 4.43. The third-order valence-corrected chi connectivity index (χ3v) is 4.93. The summed E-state index contributed by atoms with van der Waals surface area (Å²) in [5.74, 6) is -1.31. The average molecular weight is 333 g/mol. The van der Waals surface area contributed by atoms with Gasteiger partial charge in [0.1, 0.15) is 10.7 Å². The number of amides is 1. The van der Waals surface area contributed by atoms with E-state index in [4.69, 9.17) is 4.74 Å². The molecule has 1 amide bonds. The number of halogens is 1. The number of hydrogen-bond donors (Lipinski definition) is 1. The number of anilines is 1. The van der Waals surface area contributed by atoms with Crippen LogP contribution in [0.15, 0.2) is 30.3 Å². The lowest BCUT2D eigenvalue weighted by Gasteiger charge is -2.13. The van der Waals surface area contributed by atoms with E-state index in [1.807, 2.05) is 6.07 Å². The Balaban J connectivity index is 1.58. The molecule has 1 aliphatic rings. The molecular formula is C17H16FNO3S. The second-order valence-electron chi connectivity index (χ2n) is 5.46. The van der Waals surface area contributed by atoms with E-state index in [1.54, 1.807) is 0 Å². The first-order valence-corrected chi connectivity index (χ1v) is 8.23. The number of rotatable bonds is 4. The van der Waals surface area contributed by atoms with Crippen LogP contribution in [0, 0.1) is 5.82 Å². The summed E-state index contributed by atoms with van der Waals surface area (Å²) in [6.45, 7) is 1.51. The van der Waals surface area contributed by atoms with E-state index in [1.165, 1.54) is 53.0 Å². The van der Waals surface area contributed by atoms with Crippen molar-refractivity contribution in [1.82, 2.24) is 0 Å². The van der Waals surface area contributed by atoms with Crippen molar-refractivity contribution >= 4 is 28.9 Å². The van der Waals surface area contributed by atoms with Crippen molar-refractivity contribution in [3.63, 3.8) is 0 Å². The number of ether oxygens (including phenoxy) is 1. The Labute approximate surface area is 137 Å². The Hall–Kier alpha value is -2.21. The number of thiophene rings is 1. The van der Waals surface area contributed by atoms with E-state index in [0.29, 0.717) is 10.6 Å². The maximum absolute atomic E-state index is 12.8. The van der Waals surface area contributed by atoms with Gasteiger partial charge in [0.2, 0.25) is 0 Å². The Bertz CT molecular complexity index is 717. The summed E-state index contributed by atoms with van der Waals surface area (Å²) in [7, 11) is 0. The minimum Gasteiger partial charge on any atom is -0.448 e. The molecule has 0 bridgehead atoms. The number of esters is 1. The van der Waals surface area contributed by atoms with E-state index in [-0.39, 0.29) is 5.82 Å². The quantitative estimate of drug-likeness (QED) is 0.871. The number of carbonyl (C=O) groups is 2. The van der Waals surface area contributed by atoms with E-state index in [0.717, 1.165) is 19.3 Å². The molecule has 0 spiro atoms. The van der Waals surface area contributed by atoms with E-state index < -0.39 is 18.0 Å². The molecule has 0 aliphatic heterocycles. The van der Waals surface area contributed by atoms with Gasteiger partial charge in [-0.3, -0.25) is 4.79 Å². The molecule has 1 atom stereocenters. The van der Waals surface area contributed by atoms with Crippen LogP contribution in [-0.4, -0.2) is 18.0 Å². The van der Waals surface area contributed by atoms with Crippen molar-refractivity contribution in [3.05, 3.63) is 51.5 Å². The highest BCUT2D eigenvalue weighted by Gasteiger charge is 2.23. The number of hydrogen-bond acceptors (Lipinski definition) is 4. The molecule has 2 aromatic rings. The summed E-state index contributed by atoms with van der Waals surface area (Å²) in [5.41, 5.74) is 1.67. The van der Waals surface area contributed by atoms with Crippen LogP contribution in [0.4, 0.5) is 10.1 Å². The number of nitrogens with one attached hydrogen (secondary N) is 1. The second kappa shape index (κ2) is 6.50. The maximum atomic E-state index is 12.8. The first kappa shape index (κ1) is 15.7. The van der Waals surface area contributed by atoms with Gasteiger partial charge in [-0.25, -0.2) is 9.18 Å². The minimum atomic E-state index is -0.926. The van der Waals surface area contributed by atoms with E-state index >= 15 is 0 Å². The lowest BCUT2D eigenvalue weighted by molar-refractivity contribution is -0.123. The Morgan fingerprint density at radius 3 is 2.70 bits per heavy atom. The van der Waals surface area contributed by atoms with Crippen molar-refractivity contribution in [2.24, 2.45) is 0 Å². The van der Waals surface area contributed by atoms with Crippen molar-refractivity contribution < 1.29 is 18.7 Å². The number of benzene rings is 1. The Morgan fingerprint density at radius 1 is 1.26 bits per heavy atom. The summed E-state index contributed by atoms with van der Waals surface area (Å²) in [6, 6.07) is 7.26. The zero-order valence-corrected chi connectivity index (χ0v) is 13.4. The summed E-state index contributed by atoms with van der Waals surface area (Å²) in [5, 5.41) is 2.59. The Morgan fingerprint density at radius 2 is 2.00 bits per heavy atom. The topological polar surface area (TPSA) is 55.4 Å². The fourth-order valence-electron chi connectivity index (χ4n) is 2.48. The van der Waals surface area contributed by atoms with Gasteiger partial charge in [0.05, 0.1) is 0 Å². The van der Waals surface area contributed by atoms with Gasteiger partial charge in [-0.15, -0.1) is 11.3 Å². The zero-order chi connectivity index (χ0) is 16.4. The van der Waals surface area contributed by atoms with Crippen LogP contribution in [0.3, 0.4) is 0 Å². The lowest BCUT2D eigenvalue weighted by Crippen LogP contribution is -2.29. The van der Waals surface area contributed by atoms with Gasteiger partial charge in [-0.2, -0.15) is 0 Å². The maximum Gasteiger partial charge on any atom is 0.349 e. The van der Waals surface area contributed by atoms with Gasteiger partial charge >= 0.3 is 5.97 Å². The molecule has 4 nitrogen and oxygen atoms in total. The predicted molar refractivity (Wildman–Crippen MR) is 86.3 cm³/mol. The van der Waals surface area contributed by atoms with Crippen molar-refractivity contribution in [1.29, 1.82) is 0 Å². The molecule has 0 unspecified atom stereocenters. The zero-order valence-electron chi connectivity index (χ0n) is 12.6. The summed E-state index contributed by atoms with van der Waals surface area (Å²) in [4.78, 5) is 25.9. The standard InChI is InChI=1S/C17H16FNO3S/c1-10(16(20)19-13-7-5-12(18)6-8-13)22-17(21)15-9-11-3-2-4-14(11)23-15/h5-10H,2-4H2,1H3,(H,19,20)/t10-/m1/s1. The molecule has 1 N–H and O–H groups in total. The molecule has 6 heteroatoms. The lowest BCUT2D eigenvalue weighted by atomic mass is 10.2. The predicted octanol–water partition coefficient (Wildman–Crippen LogP) is 3.56. The number of aryl methyl sites for hydroxylation is 2. The van der Waals surface area contributed by atoms with Gasteiger partial charge in [0, 0.05) is 10.6 Å². The van der Waals surface area contributed by atoms with E-state index in [9.17, 15) is 14.0 Å². The average Bonchev–Trinajstić information content (AvgIpc) is 3.10. The summed E-state index contributed by atoms with van der Waals surface area (Å²) in [6.07, 6.45) is 2.21. The number of fused-ring (bicyclic) bond motifs is 1. The normalized spacial score (nSPS) is 14.2. The molecular weight excluding hydrogens is 317 g/mol. The summed E-state index contributed by atoms with van der Waals surface area (Å²) >= 11 is 1.44. The van der Waals surface area contributed by atoms with Crippen LogP contribution < -0.4 is 5.32 Å². The van der Waals surface area contributed by atoms with Gasteiger partial charge in [0.15, 0.2) is 6.10 Å². The molecule has 0 saturated heterocycles. The molecule has 0 fully saturated rings. The van der Waals surface area contributed by atoms with Crippen LogP contribution in [0.25, 0.3) is 0 Å². The largest absolute Gasteiger partial charge is 0.448 e. The van der Waals surface area contributed by atoms with Gasteiger partial charge < -0.3 is 10.1 Å². The first-order valence-electron chi connectivity index (χ1n) is 7.42. The fourth-order valence-corrected chi connectivity index (χ4v) is 3.62. The van der Waals surface area contributed by atoms with Crippen molar-refractivity contribution in [2.45, 2.75) is 32.3 Å². The number of carbonyl (C=O) groups excluding carboxylic acids is 2. The van der Waals surface area contributed by atoms with Crippen LogP contribution in [0.1, 0.15) is 33.5 Å². The first-order chi connectivity index (χ1) is 11.0. The molecule has 1 heterocycles. The molecule has 120 valence electrons. The SMILES string of the molecule is C[C@@H](OC(=O)c1cc2c(s1)CCC2)C(=O)Nc1ccc(F)cc1.